The molecule has 2 aromatic heterocycles. The van der Waals surface area contributed by atoms with Gasteiger partial charge in [-0.05, 0) is 47.9 Å². The van der Waals surface area contributed by atoms with E-state index in [1.807, 2.05) is 53.9 Å². The van der Waals surface area contributed by atoms with Gasteiger partial charge in [0.25, 0.3) is 0 Å². The van der Waals surface area contributed by atoms with Crippen LogP contribution in [-0.2, 0) is 32.5 Å². The second-order valence-electron chi connectivity index (χ2n) is 9.72. The highest BCUT2D eigenvalue weighted by Gasteiger charge is 2.30. The number of aromatic nitrogens is 1. The number of para-hydroxylation sites is 1. The summed E-state index contributed by atoms with van der Waals surface area (Å²) in [6, 6.07) is 14.5. The van der Waals surface area contributed by atoms with Gasteiger partial charge in [-0.3, -0.25) is 9.59 Å². The number of fused-ring (bicyclic) bond motifs is 2. The Kier molecular flexibility index (Phi) is 7.69. The maximum Gasteiger partial charge on any atom is 0.244 e. The number of H-pyrrole nitrogens is 1. The normalized spacial score (nSPS) is 13.9. The van der Waals surface area contributed by atoms with Gasteiger partial charge in [-0.1, -0.05) is 36.4 Å². The van der Waals surface area contributed by atoms with E-state index in [0.29, 0.717) is 0 Å². The average Bonchev–Trinajstić information content (AvgIpc) is 3.41. The third-order valence-corrected chi connectivity index (χ3v) is 7.69. The zero-order valence-corrected chi connectivity index (χ0v) is 22.5. The average molecular weight is 542 g/mol. The van der Waals surface area contributed by atoms with Crippen molar-refractivity contribution < 1.29 is 18.0 Å². The lowest BCUT2D eigenvalue weighted by Crippen LogP contribution is -2.59. The summed E-state index contributed by atoms with van der Waals surface area (Å²) in [5, 5.41) is 9.43. The smallest absolute Gasteiger partial charge is 0.244 e. The van der Waals surface area contributed by atoms with E-state index in [4.69, 9.17) is 5.73 Å². The van der Waals surface area contributed by atoms with E-state index in [-0.39, 0.29) is 12.8 Å². The maximum atomic E-state index is 13.5. The molecule has 0 aliphatic rings. The maximum absolute atomic E-state index is 13.5. The number of nitrogens with one attached hydrogen (secondary N) is 4. The summed E-state index contributed by atoms with van der Waals surface area (Å²) in [4.78, 5) is 29.5. The molecule has 4 aromatic rings. The first kappa shape index (κ1) is 26.8. The van der Waals surface area contributed by atoms with E-state index in [1.54, 1.807) is 31.4 Å². The van der Waals surface area contributed by atoms with E-state index in [2.05, 4.69) is 20.3 Å². The van der Waals surface area contributed by atoms with Gasteiger partial charge in [0.2, 0.25) is 21.8 Å². The zero-order valence-electron chi connectivity index (χ0n) is 20.9. The molecule has 0 aliphatic carbocycles. The second-order valence-corrected chi connectivity index (χ2v) is 12.4. The first-order valence-electron chi connectivity index (χ1n) is 11.8. The Morgan fingerprint density at radius 3 is 2.38 bits per heavy atom. The quantitative estimate of drug-likeness (QED) is 0.196. The summed E-state index contributed by atoms with van der Waals surface area (Å²) in [6.45, 7) is 3.11. The highest BCUT2D eigenvalue weighted by atomic mass is 32.2. The summed E-state index contributed by atoms with van der Waals surface area (Å²) < 4.78 is 27.9. The van der Waals surface area contributed by atoms with Crippen molar-refractivity contribution in [1.29, 1.82) is 0 Å². The molecule has 2 aromatic carbocycles. The Morgan fingerprint density at radius 2 is 1.68 bits per heavy atom. The number of carbonyl (C=O) groups excluding carboxylic acids is 2. The summed E-state index contributed by atoms with van der Waals surface area (Å²) in [5.41, 5.74) is 7.42. The molecule has 0 bridgehead atoms. The van der Waals surface area contributed by atoms with Crippen molar-refractivity contribution in [2.24, 2.45) is 5.73 Å². The van der Waals surface area contributed by atoms with Gasteiger partial charge in [0, 0.05) is 34.6 Å². The van der Waals surface area contributed by atoms with Crippen LogP contribution in [0.3, 0.4) is 0 Å². The van der Waals surface area contributed by atoms with Crippen molar-refractivity contribution in [3.8, 4) is 0 Å². The first-order chi connectivity index (χ1) is 17.4. The number of hydrogen-bond donors (Lipinski definition) is 5. The van der Waals surface area contributed by atoms with Crippen LogP contribution in [0.15, 0.2) is 60.1 Å². The minimum atomic E-state index is -3.65. The molecule has 6 N–H and O–H groups in total. The Bertz CT molecular complexity index is 1540. The number of aromatic amines is 1. The van der Waals surface area contributed by atoms with E-state index >= 15 is 0 Å². The molecule has 4 rings (SSSR count). The number of hydrogen-bond acceptors (Lipinski definition) is 6. The van der Waals surface area contributed by atoms with Gasteiger partial charge in [-0.25, -0.2) is 8.42 Å². The van der Waals surface area contributed by atoms with Crippen molar-refractivity contribution in [1.82, 2.24) is 20.3 Å². The topological polar surface area (TPSA) is 146 Å². The number of carbonyl (C=O) groups is 2. The van der Waals surface area contributed by atoms with Crippen LogP contribution in [0, 0.1) is 0 Å². The van der Waals surface area contributed by atoms with Crippen molar-refractivity contribution in [3.63, 3.8) is 0 Å². The van der Waals surface area contributed by atoms with Gasteiger partial charge in [0.15, 0.2) is 0 Å². The molecule has 2 amide bonds. The third kappa shape index (κ3) is 6.75. The zero-order chi connectivity index (χ0) is 26.8. The Hall–Kier alpha value is -3.25. The molecule has 0 fully saturated rings. The number of benzene rings is 2. The van der Waals surface area contributed by atoms with Crippen LogP contribution in [0.5, 0.6) is 0 Å². The van der Waals surface area contributed by atoms with E-state index < -0.39 is 39.6 Å². The molecular weight excluding hydrogens is 510 g/mol. The van der Waals surface area contributed by atoms with Crippen LogP contribution in [0.4, 0.5) is 0 Å². The van der Waals surface area contributed by atoms with Crippen LogP contribution in [0.1, 0.15) is 25.0 Å². The van der Waals surface area contributed by atoms with Crippen LogP contribution >= 0.6 is 11.3 Å². The fraction of sp³-hybridized carbons (Fsp3) is 0.308. The molecule has 9 nitrogen and oxygen atoms in total. The van der Waals surface area contributed by atoms with Gasteiger partial charge < -0.3 is 21.4 Å². The van der Waals surface area contributed by atoms with Gasteiger partial charge in [0.1, 0.15) is 6.04 Å². The molecule has 11 heteroatoms. The van der Waals surface area contributed by atoms with Crippen LogP contribution < -0.4 is 21.1 Å². The lowest BCUT2D eigenvalue weighted by atomic mass is 10.0. The molecule has 0 aliphatic heterocycles. The number of sulfonamides is 1. The Morgan fingerprint density at radius 1 is 1.00 bits per heavy atom. The van der Waals surface area contributed by atoms with Gasteiger partial charge >= 0.3 is 0 Å². The molecule has 0 saturated carbocycles. The minimum Gasteiger partial charge on any atom is -0.361 e. The van der Waals surface area contributed by atoms with Gasteiger partial charge in [-0.15, -0.1) is 11.3 Å². The van der Waals surface area contributed by atoms with E-state index in [9.17, 15) is 18.0 Å². The predicted octanol–water partition coefficient (Wildman–Crippen LogP) is 2.38. The predicted molar refractivity (Wildman–Crippen MR) is 148 cm³/mol. The number of nitrogens with two attached hydrogens (primary N) is 1. The Balaban J connectivity index is 1.61. The molecule has 0 radical (unpaired) electrons. The Labute approximate surface area is 219 Å². The molecule has 196 valence electrons. The standard InChI is InChI=1S/C26H31N5O4S2/c1-26(2,27)25(33)29-21(12-16-14-28-20-10-6-4-8-18(16)20)24(32)30-23(31-37(3,34)35)13-17-15-36-22-11-7-5-9-19(17)22/h4-11,14-15,21,23,28,31H,12-13,27H2,1-3H3,(H,29,33)(H,30,32)/t21-,23+/m1/s1. The fourth-order valence-corrected chi connectivity index (χ4v) is 5.77. The van der Waals surface area contributed by atoms with Crippen LogP contribution in [0.2, 0.25) is 0 Å². The minimum absolute atomic E-state index is 0.185. The first-order valence-corrected chi connectivity index (χ1v) is 14.6. The molecule has 0 spiro atoms. The molecule has 0 unspecified atom stereocenters. The number of rotatable bonds is 10. The summed E-state index contributed by atoms with van der Waals surface area (Å²) >= 11 is 1.55. The van der Waals surface area contributed by atoms with Gasteiger partial charge in [-0.2, -0.15) is 4.72 Å². The number of thiophene rings is 1. The number of amides is 2. The van der Waals surface area contributed by atoms with E-state index in [0.717, 1.165) is 38.4 Å². The molecule has 0 saturated heterocycles. The SMILES string of the molecule is CC(C)(N)C(=O)N[C@H](Cc1c[nH]c2ccccc12)C(=O)N[C@H](Cc1csc2ccccc12)NS(C)(=O)=O. The van der Waals surface area contributed by atoms with Crippen molar-refractivity contribution in [3.05, 3.63) is 71.2 Å². The van der Waals surface area contributed by atoms with Crippen molar-refractivity contribution >= 4 is 54.2 Å². The molecule has 2 atom stereocenters. The summed E-state index contributed by atoms with van der Waals surface area (Å²) in [6.07, 6.45) is 2.34. The van der Waals surface area contributed by atoms with Gasteiger partial charge in [0.05, 0.1) is 18.0 Å². The third-order valence-electron chi connectivity index (χ3n) is 5.96. The molecule has 2 heterocycles. The molecular formula is C26H31N5O4S2. The lowest BCUT2D eigenvalue weighted by molar-refractivity contribution is -0.131. The fourth-order valence-electron chi connectivity index (χ4n) is 4.14. The highest BCUT2D eigenvalue weighted by molar-refractivity contribution is 7.88. The van der Waals surface area contributed by atoms with Crippen molar-refractivity contribution in [2.45, 2.75) is 44.4 Å². The van der Waals surface area contributed by atoms with E-state index in [1.165, 1.54) is 0 Å². The lowest BCUT2D eigenvalue weighted by Gasteiger charge is -2.26. The monoisotopic (exact) mass is 541 g/mol. The highest BCUT2D eigenvalue weighted by Crippen LogP contribution is 2.26. The largest absolute Gasteiger partial charge is 0.361 e. The molecule has 37 heavy (non-hydrogen) atoms. The van der Waals surface area contributed by atoms with Crippen molar-refractivity contribution in [2.75, 3.05) is 6.26 Å². The summed E-state index contributed by atoms with van der Waals surface area (Å²) in [7, 11) is -3.65. The van der Waals surface area contributed by atoms with Crippen LogP contribution in [0.25, 0.3) is 21.0 Å². The second kappa shape index (κ2) is 10.6. The summed E-state index contributed by atoms with van der Waals surface area (Å²) in [5.74, 6) is -1.02. The van der Waals surface area contributed by atoms with Crippen LogP contribution in [-0.4, -0.2) is 49.2 Å².